The molecule has 0 bridgehead atoms. The number of aliphatic hydroxyl groups excluding tert-OH is 1. The number of hydrogen-bond donors (Lipinski definition) is 2. The SMILES string of the molecule is CC1(NS(=O)(=O)c2c(CO)sc3ccccc23)CCOC1. The number of rotatable bonds is 4. The molecule has 0 saturated carbocycles. The van der Waals surface area contributed by atoms with Crippen molar-refractivity contribution in [2.24, 2.45) is 0 Å². The third-order valence-corrected chi connectivity index (χ3v) is 6.68. The standard InChI is InChI=1S/C14H17NO4S2/c1-14(6-7-19-9-14)15-21(17,18)13-10-4-2-3-5-11(10)20-12(13)8-16/h2-5,15-16H,6-9H2,1H3. The second-order valence-electron chi connectivity index (χ2n) is 5.48. The van der Waals surface area contributed by atoms with Gasteiger partial charge in [-0.25, -0.2) is 13.1 Å². The smallest absolute Gasteiger partial charge is 0.242 e. The fourth-order valence-corrected chi connectivity index (χ4v) is 5.82. The van der Waals surface area contributed by atoms with Crippen LogP contribution < -0.4 is 4.72 Å². The van der Waals surface area contributed by atoms with Crippen molar-refractivity contribution in [1.82, 2.24) is 4.72 Å². The molecule has 0 radical (unpaired) electrons. The molecule has 1 aromatic carbocycles. The van der Waals surface area contributed by atoms with E-state index in [0.29, 0.717) is 29.9 Å². The van der Waals surface area contributed by atoms with Crippen molar-refractivity contribution in [3.63, 3.8) is 0 Å². The molecule has 0 spiro atoms. The number of benzene rings is 1. The first-order valence-corrected chi connectivity index (χ1v) is 8.98. The van der Waals surface area contributed by atoms with E-state index in [1.165, 1.54) is 11.3 Å². The first kappa shape index (κ1) is 14.9. The summed E-state index contributed by atoms with van der Waals surface area (Å²) >= 11 is 1.31. The Balaban J connectivity index is 2.10. The van der Waals surface area contributed by atoms with Gasteiger partial charge in [-0.05, 0) is 19.4 Å². The van der Waals surface area contributed by atoms with Crippen LogP contribution in [0.5, 0.6) is 0 Å². The monoisotopic (exact) mass is 327 g/mol. The Labute approximate surface area is 127 Å². The number of ether oxygens (including phenoxy) is 1. The number of hydrogen-bond acceptors (Lipinski definition) is 5. The summed E-state index contributed by atoms with van der Waals surface area (Å²) in [6.07, 6.45) is 0.642. The molecule has 1 aliphatic heterocycles. The van der Waals surface area contributed by atoms with Gasteiger partial charge < -0.3 is 9.84 Å². The van der Waals surface area contributed by atoms with Gasteiger partial charge in [0.25, 0.3) is 0 Å². The zero-order chi connectivity index (χ0) is 15.1. The van der Waals surface area contributed by atoms with Gasteiger partial charge in [0.2, 0.25) is 10.0 Å². The van der Waals surface area contributed by atoms with Gasteiger partial charge in [-0.3, -0.25) is 0 Å². The molecule has 1 saturated heterocycles. The minimum atomic E-state index is -3.71. The highest BCUT2D eigenvalue weighted by atomic mass is 32.2. The molecule has 114 valence electrons. The molecule has 5 nitrogen and oxygen atoms in total. The van der Waals surface area contributed by atoms with Crippen LogP contribution in [0.1, 0.15) is 18.2 Å². The predicted molar refractivity (Wildman–Crippen MR) is 81.9 cm³/mol. The second kappa shape index (κ2) is 5.33. The summed E-state index contributed by atoms with van der Waals surface area (Å²) in [5.41, 5.74) is -0.589. The van der Waals surface area contributed by atoms with Crippen molar-refractivity contribution in [2.75, 3.05) is 13.2 Å². The molecule has 1 atom stereocenters. The van der Waals surface area contributed by atoms with Crippen LogP contribution in [0.4, 0.5) is 0 Å². The molecular formula is C14H17NO4S2. The summed E-state index contributed by atoms with van der Waals surface area (Å²) in [4.78, 5) is 0.657. The molecule has 1 aromatic heterocycles. The number of sulfonamides is 1. The van der Waals surface area contributed by atoms with Crippen LogP contribution in [-0.2, 0) is 21.4 Å². The van der Waals surface area contributed by atoms with Crippen molar-refractivity contribution in [3.05, 3.63) is 29.1 Å². The van der Waals surface area contributed by atoms with Crippen LogP contribution in [0.15, 0.2) is 29.2 Å². The van der Waals surface area contributed by atoms with Crippen molar-refractivity contribution >= 4 is 31.4 Å². The van der Waals surface area contributed by atoms with E-state index >= 15 is 0 Å². The highest BCUT2D eigenvalue weighted by Gasteiger charge is 2.36. The van der Waals surface area contributed by atoms with Gasteiger partial charge in [0.05, 0.1) is 23.6 Å². The van der Waals surface area contributed by atoms with Crippen LogP contribution in [0.2, 0.25) is 0 Å². The fourth-order valence-electron chi connectivity index (χ4n) is 2.59. The van der Waals surface area contributed by atoms with Crippen LogP contribution >= 0.6 is 11.3 Å². The van der Waals surface area contributed by atoms with Gasteiger partial charge in [0.15, 0.2) is 0 Å². The predicted octanol–water partition coefficient (Wildman–Crippen LogP) is 1.85. The number of thiophene rings is 1. The Hall–Kier alpha value is -0.990. The molecule has 0 aliphatic carbocycles. The Morgan fingerprint density at radius 2 is 2.19 bits per heavy atom. The molecule has 7 heteroatoms. The minimum Gasteiger partial charge on any atom is -0.391 e. The Morgan fingerprint density at radius 3 is 2.86 bits per heavy atom. The van der Waals surface area contributed by atoms with Crippen molar-refractivity contribution < 1.29 is 18.3 Å². The lowest BCUT2D eigenvalue weighted by molar-refractivity contribution is 0.178. The summed E-state index contributed by atoms with van der Waals surface area (Å²) in [6.45, 7) is 2.46. The maximum absolute atomic E-state index is 12.8. The molecule has 21 heavy (non-hydrogen) atoms. The quantitative estimate of drug-likeness (QED) is 0.898. The van der Waals surface area contributed by atoms with E-state index in [1.807, 2.05) is 19.1 Å². The van der Waals surface area contributed by atoms with Crippen LogP contribution in [0.3, 0.4) is 0 Å². The Morgan fingerprint density at radius 1 is 1.43 bits per heavy atom. The van der Waals surface area contributed by atoms with Gasteiger partial charge in [0, 0.05) is 16.7 Å². The third kappa shape index (κ3) is 2.72. The minimum absolute atomic E-state index is 0.193. The highest BCUT2D eigenvalue weighted by Crippen LogP contribution is 2.35. The largest absolute Gasteiger partial charge is 0.391 e. The molecule has 1 aliphatic rings. The summed E-state index contributed by atoms with van der Waals surface area (Å²) in [5.74, 6) is 0. The van der Waals surface area contributed by atoms with E-state index in [2.05, 4.69) is 4.72 Å². The van der Waals surface area contributed by atoms with Crippen molar-refractivity contribution in [1.29, 1.82) is 0 Å². The van der Waals surface area contributed by atoms with E-state index < -0.39 is 15.6 Å². The number of fused-ring (bicyclic) bond motifs is 1. The molecule has 1 unspecified atom stereocenters. The lowest BCUT2D eigenvalue weighted by atomic mass is 10.0. The molecular weight excluding hydrogens is 310 g/mol. The van der Waals surface area contributed by atoms with Gasteiger partial charge in [0.1, 0.15) is 4.90 Å². The average Bonchev–Trinajstić information content (AvgIpc) is 3.01. The molecule has 0 amide bonds. The first-order valence-electron chi connectivity index (χ1n) is 6.68. The zero-order valence-corrected chi connectivity index (χ0v) is 13.3. The molecule has 2 aromatic rings. The van der Waals surface area contributed by atoms with Crippen LogP contribution in [0, 0.1) is 0 Å². The fraction of sp³-hybridized carbons (Fsp3) is 0.429. The maximum atomic E-state index is 12.8. The normalized spacial score (nSPS) is 23.0. The molecule has 2 N–H and O–H groups in total. The lowest BCUT2D eigenvalue weighted by Gasteiger charge is -2.23. The molecule has 2 heterocycles. The Bertz CT molecular complexity index is 760. The topological polar surface area (TPSA) is 75.6 Å². The maximum Gasteiger partial charge on any atom is 0.242 e. The Kier molecular flexibility index (Phi) is 3.79. The summed E-state index contributed by atoms with van der Waals surface area (Å²) in [5, 5.41) is 10.2. The van der Waals surface area contributed by atoms with Gasteiger partial charge in [-0.15, -0.1) is 11.3 Å². The number of nitrogens with one attached hydrogen (secondary N) is 1. The van der Waals surface area contributed by atoms with Gasteiger partial charge in [-0.2, -0.15) is 0 Å². The molecule has 3 rings (SSSR count). The zero-order valence-electron chi connectivity index (χ0n) is 11.6. The van der Waals surface area contributed by atoms with Gasteiger partial charge in [-0.1, -0.05) is 18.2 Å². The lowest BCUT2D eigenvalue weighted by Crippen LogP contribution is -2.46. The third-order valence-electron chi connectivity index (χ3n) is 3.63. The average molecular weight is 327 g/mol. The van der Waals surface area contributed by atoms with Gasteiger partial charge >= 0.3 is 0 Å². The van der Waals surface area contributed by atoms with Crippen LogP contribution in [0.25, 0.3) is 10.1 Å². The van der Waals surface area contributed by atoms with E-state index in [0.717, 1.165) is 4.70 Å². The van der Waals surface area contributed by atoms with Crippen molar-refractivity contribution in [3.8, 4) is 0 Å². The summed E-state index contributed by atoms with van der Waals surface area (Å²) in [6, 6.07) is 7.29. The molecule has 1 fully saturated rings. The summed E-state index contributed by atoms with van der Waals surface area (Å²) < 4.78 is 34.4. The van der Waals surface area contributed by atoms with E-state index in [4.69, 9.17) is 4.74 Å². The van der Waals surface area contributed by atoms with Crippen LogP contribution in [-0.4, -0.2) is 32.3 Å². The highest BCUT2D eigenvalue weighted by molar-refractivity contribution is 7.90. The van der Waals surface area contributed by atoms with E-state index in [9.17, 15) is 13.5 Å². The summed E-state index contributed by atoms with van der Waals surface area (Å²) in [7, 11) is -3.71. The first-order chi connectivity index (χ1) is 9.95. The number of aliphatic hydroxyl groups is 1. The van der Waals surface area contributed by atoms with E-state index in [-0.39, 0.29) is 11.5 Å². The van der Waals surface area contributed by atoms with Crippen molar-refractivity contribution in [2.45, 2.75) is 30.4 Å². The second-order valence-corrected chi connectivity index (χ2v) is 8.23. The van der Waals surface area contributed by atoms with E-state index in [1.54, 1.807) is 12.1 Å².